The number of amides is 2. The monoisotopic (exact) mass is 474 g/mol. The Morgan fingerprint density at radius 1 is 1.00 bits per heavy atom. The van der Waals surface area contributed by atoms with E-state index in [-0.39, 0.29) is 22.8 Å². The maximum Gasteiger partial charge on any atom is 0.257 e. The second kappa shape index (κ2) is 10.5. The zero-order chi connectivity index (χ0) is 22.4. The van der Waals surface area contributed by atoms with Gasteiger partial charge in [0.1, 0.15) is 0 Å². The first kappa shape index (κ1) is 22.9. The van der Waals surface area contributed by atoms with E-state index in [4.69, 9.17) is 11.6 Å². The van der Waals surface area contributed by atoms with Crippen molar-refractivity contribution in [1.82, 2.24) is 10.2 Å². The van der Waals surface area contributed by atoms with Gasteiger partial charge in [0.15, 0.2) is 10.1 Å². The van der Waals surface area contributed by atoms with E-state index >= 15 is 0 Å². The van der Waals surface area contributed by atoms with Crippen molar-refractivity contribution in [3.63, 3.8) is 0 Å². The molecule has 0 aliphatic rings. The highest BCUT2D eigenvalue weighted by atomic mass is 35.5. The standard InChI is InChI=1S/C21H19ClN4O3S2/c1-3-17(19(29)23-16-10-6-13(7-11-16)12(2)27)30-21-26-25-20(31-21)24-18(28)14-4-8-15(22)9-5-14/h4-11,17H,3H2,1-2H3,(H,23,29)(H,24,25,28). The van der Waals surface area contributed by atoms with Gasteiger partial charge in [-0.15, -0.1) is 10.2 Å². The van der Waals surface area contributed by atoms with Crippen LogP contribution in [0.15, 0.2) is 52.9 Å². The first-order valence-electron chi connectivity index (χ1n) is 9.34. The van der Waals surface area contributed by atoms with Gasteiger partial charge in [0.25, 0.3) is 5.91 Å². The normalized spacial score (nSPS) is 11.6. The molecule has 0 saturated heterocycles. The predicted octanol–water partition coefficient (Wildman–Crippen LogP) is 5.16. The number of hydrogen-bond acceptors (Lipinski definition) is 7. The molecule has 1 unspecified atom stereocenters. The summed E-state index contributed by atoms with van der Waals surface area (Å²) < 4.78 is 0.570. The first-order valence-corrected chi connectivity index (χ1v) is 11.4. The summed E-state index contributed by atoms with van der Waals surface area (Å²) in [6.45, 7) is 3.39. The fourth-order valence-corrected chi connectivity index (χ4v) is 4.57. The van der Waals surface area contributed by atoms with E-state index in [1.54, 1.807) is 48.5 Å². The number of aromatic nitrogens is 2. The van der Waals surface area contributed by atoms with Crippen molar-refractivity contribution in [3.8, 4) is 0 Å². The third kappa shape index (κ3) is 6.36. The summed E-state index contributed by atoms with van der Waals surface area (Å²) in [7, 11) is 0. The van der Waals surface area contributed by atoms with Gasteiger partial charge >= 0.3 is 0 Å². The Balaban J connectivity index is 1.59. The minimum atomic E-state index is -0.389. The van der Waals surface area contributed by atoms with Crippen LogP contribution >= 0.6 is 34.7 Å². The lowest BCUT2D eigenvalue weighted by atomic mass is 10.1. The van der Waals surface area contributed by atoms with Crippen molar-refractivity contribution < 1.29 is 14.4 Å². The summed E-state index contributed by atoms with van der Waals surface area (Å²) in [5, 5.41) is 14.1. The van der Waals surface area contributed by atoms with Gasteiger partial charge in [0.05, 0.1) is 5.25 Å². The maximum absolute atomic E-state index is 12.6. The topological polar surface area (TPSA) is 101 Å². The fourth-order valence-electron chi connectivity index (χ4n) is 2.53. The van der Waals surface area contributed by atoms with Crippen molar-refractivity contribution in [2.75, 3.05) is 10.6 Å². The third-order valence-corrected chi connectivity index (χ3v) is 6.74. The van der Waals surface area contributed by atoms with Crippen LogP contribution < -0.4 is 10.6 Å². The molecule has 160 valence electrons. The Bertz CT molecular complexity index is 1080. The fraction of sp³-hybridized carbons (Fsp3) is 0.190. The van der Waals surface area contributed by atoms with Crippen LogP contribution in [0.4, 0.5) is 10.8 Å². The molecular formula is C21H19ClN4O3S2. The van der Waals surface area contributed by atoms with Gasteiger partial charge in [0, 0.05) is 21.8 Å². The molecule has 3 aromatic rings. The summed E-state index contributed by atoms with van der Waals surface area (Å²) >= 11 is 8.31. The van der Waals surface area contributed by atoms with Crippen LogP contribution in [-0.2, 0) is 4.79 Å². The Morgan fingerprint density at radius 3 is 2.26 bits per heavy atom. The Kier molecular flexibility index (Phi) is 7.78. The largest absolute Gasteiger partial charge is 0.325 e. The van der Waals surface area contributed by atoms with Gasteiger partial charge in [0.2, 0.25) is 11.0 Å². The molecule has 0 saturated carbocycles. The van der Waals surface area contributed by atoms with Gasteiger partial charge in [-0.05, 0) is 61.9 Å². The van der Waals surface area contributed by atoms with Crippen LogP contribution in [0.2, 0.25) is 5.02 Å². The number of benzene rings is 2. The number of nitrogens with one attached hydrogen (secondary N) is 2. The molecule has 10 heteroatoms. The molecule has 0 aliphatic heterocycles. The van der Waals surface area contributed by atoms with Crippen LogP contribution in [0.1, 0.15) is 41.0 Å². The van der Waals surface area contributed by atoms with Gasteiger partial charge in [-0.3, -0.25) is 19.7 Å². The number of thioether (sulfide) groups is 1. The molecule has 0 radical (unpaired) electrons. The van der Waals surface area contributed by atoms with E-state index in [0.717, 1.165) is 0 Å². The summed E-state index contributed by atoms with van der Waals surface area (Å²) in [6, 6.07) is 13.2. The van der Waals surface area contributed by atoms with E-state index in [1.807, 2.05) is 6.92 Å². The van der Waals surface area contributed by atoms with Crippen LogP contribution in [-0.4, -0.2) is 33.0 Å². The number of carbonyl (C=O) groups is 3. The summed E-state index contributed by atoms with van der Waals surface area (Å²) in [5.41, 5.74) is 1.65. The van der Waals surface area contributed by atoms with Crippen molar-refractivity contribution in [2.24, 2.45) is 0 Å². The van der Waals surface area contributed by atoms with Crippen LogP contribution in [0.3, 0.4) is 0 Å². The lowest BCUT2D eigenvalue weighted by molar-refractivity contribution is -0.115. The molecular weight excluding hydrogens is 456 g/mol. The molecule has 1 aromatic heterocycles. The van der Waals surface area contributed by atoms with Gasteiger partial charge in [-0.25, -0.2) is 0 Å². The zero-order valence-corrected chi connectivity index (χ0v) is 19.1. The smallest absolute Gasteiger partial charge is 0.257 e. The van der Waals surface area contributed by atoms with Crippen molar-refractivity contribution in [1.29, 1.82) is 0 Å². The summed E-state index contributed by atoms with van der Waals surface area (Å²) in [4.78, 5) is 36.3. The molecule has 0 aliphatic carbocycles. The zero-order valence-electron chi connectivity index (χ0n) is 16.7. The predicted molar refractivity (Wildman–Crippen MR) is 124 cm³/mol. The highest BCUT2D eigenvalue weighted by molar-refractivity contribution is 8.02. The second-order valence-corrected chi connectivity index (χ2v) is 9.34. The third-order valence-electron chi connectivity index (χ3n) is 4.20. The average Bonchev–Trinajstić information content (AvgIpc) is 3.19. The Labute approximate surface area is 192 Å². The molecule has 0 bridgehead atoms. The quantitative estimate of drug-likeness (QED) is 0.266. The molecule has 7 nitrogen and oxygen atoms in total. The lowest BCUT2D eigenvalue weighted by Gasteiger charge is -2.13. The Morgan fingerprint density at radius 2 is 1.65 bits per heavy atom. The summed E-state index contributed by atoms with van der Waals surface area (Å²) in [5.74, 6) is -0.525. The van der Waals surface area contributed by atoms with E-state index in [1.165, 1.54) is 30.0 Å². The van der Waals surface area contributed by atoms with Crippen LogP contribution in [0, 0.1) is 0 Å². The number of hydrogen-bond donors (Lipinski definition) is 2. The number of nitrogens with zero attached hydrogens (tertiary/aromatic N) is 2. The number of rotatable bonds is 8. The van der Waals surface area contributed by atoms with Crippen LogP contribution in [0.5, 0.6) is 0 Å². The molecule has 1 atom stereocenters. The van der Waals surface area contributed by atoms with Crippen LogP contribution in [0.25, 0.3) is 0 Å². The van der Waals surface area contributed by atoms with Gasteiger partial charge in [-0.1, -0.05) is 41.6 Å². The number of ketones is 1. The van der Waals surface area contributed by atoms with Gasteiger partial charge in [-0.2, -0.15) is 0 Å². The molecule has 2 aromatic carbocycles. The van der Waals surface area contributed by atoms with E-state index in [0.29, 0.717) is 37.7 Å². The Hall–Kier alpha value is -2.75. The van der Waals surface area contributed by atoms with E-state index in [2.05, 4.69) is 20.8 Å². The molecule has 3 rings (SSSR count). The molecule has 2 N–H and O–H groups in total. The molecule has 0 fully saturated rings. The number of anilines is 2. The lowest BCUT2D eigenvalue weighted by Crippen LogP contribution is -2.24. The number of halogens is 1. The van der Waals surface area contributed by atoms with Crippen molar-refractivity contribution >= 4 is 63.1 Å². The van der Waals surface area contributed by atoms with Gasteiger partial charge < -0.3 is 5.32 Å². The first-order chi connectivity index (χ1) is 14.9. The second-order valence-electron chi connectivity index (χ2n) is 6.47. The highest BCUT2D eigenvalue weighted by Gasteiger charge is 2.21. The number of carbonyl (C=O) groups excluding carboxylic acids is 3. The molecule has 31 heavy (non-hydrogen) atoms. The van der Waals surface area contributed by atoms with E-state index in [9.17, 15) is 14.4 Å². The van der Waals surface area contributed by atoms with Crippen molar-refractivity contribution in [2.45, 2.75) is 29.9 Å². The van der Waals surface area contributed by atoms with E-state index < -0.39 is 0 Å². The minimum absolute atomic E-state index is 0.0323. The summed E-state index contributed by atoms with van der Waals surface area (Å²) in [6.07, 6.45) is 0.577. The number of Topliss-reactive ketones (excluding diaryl/α,β-unsaturated/α-hetero) is 1. The molecule has 2 amide bonds. The molecule has 1 heterocycles. The average molecular weight is 475 g/mol. The van der Waals surface area contributed by atoms with Crippen molar-refractivity contribution in [3.05, 3.63) is 64.7 Å². The minimum Gasteiger partial charge on any atom is -0.325 e. The highest BCUT2D eigenvalue weighted by Crippen LogP contribution is 2.31. The maximum atomic E-state index is 12.6. The SMILES string of the molecule is CCC(Sc1nnc(NC(=O)c2ccc(Cl)cc2)s1)C(=O)Nc1ccc(C(C)=O)cc1. The molecule has 0 spiro atoms.